The minimum Gasteiger partial charge on any atom is -0.495 e. The average Bonchev–Trinajstić information content (AvgIpc) is 3.26. The van der Waals surface area contributed by atoms with Crippen LogP contribution in [0.2, 0.25) is 0 Å². The van der Waals surface area contributed by atoms with Crippen molar-refractivity contribution in [1.29, 1.82) is 0 Å². The number of thiophene rings is 1. The van der Waals surface area contributed by atoms with Crippen molar-refractivity contribution in [2.75, 3.05) is 50.7 Å². The van der Waals surface area contributed by atoms with E-state index in [0.717, 1.165) is 61.3 Å². The standard InChI is InChI=1S/C27H29F4N3O3S2/c1-34-12-9-16(10-13-34)33-19-7-4-6-17-24(25(29)27(30)31)22(38-26(17)19)8-5-11-32-20-14-18(28)23(39(3,35)36)15-21(20)37-2/h4,6-7,14-16,25,27,32-33H,9-13H2,1-3H3. The van der Waals surface area contributed by atoms with Crippen molar-refractivity contribution in [2.45, 2.75) is 36.4 Å². The monoisotopic (exact) mass is 583 g/mol. The molecule has 1 atom stereocenters. The second-order valence-corrected chi connectivity index (χ2v) is 12.4. The predicted molar refractivity (Wildman–Crippen MR) is 147 cm³/mol. The van der Waals surface area contributed by atoms with E-state index in [9.17, 15) is 26.0 Å². The summed E-state index contributed by atoms with van der Waals surface area (Å²) in [6.07, 6.45) is -2.97. The molecule has 1 aliphatic heterocycles. The Morgan fingerprint density at radius 3 is 2.54 bits per heavy atom. The summed E-state index contributed by atoms with van der Waals surface area (Å²) in [6.45, 7) is 1.82. The number of anilines is 2. The van der Waals surface area contributed by atoms with E-state index >= 15 is 0 Å². The molecule has 1 unspecified atom stereocenters. The van der Waals surface area contributed by atoms with Gasteiger partial charge in [0.15, 0.2) is 16.0 Å². The summed E-state index contributed by atoms with van der Waals surface area (Å²) in [7, 11) is -0.437. The van der Waals surface area contributed by atoms with E-state index in [0.29, 0.717) is 10.1 Å². The van der Waals surface area contributed by atoms with E-state index in [2.05, 4.69) is 34.4 Å². The lowest BCUT2D eigenvalue weighted by molar-refractivity contribution is 0.0504. The van der Waals surface area contributed by atoms with Crippen LogP contribution in [0, 0.1) is 17.7 Å². The first-order chi connectivity index (χ1) is 18.5. The van der Waals surface area contributed by atoms with Crippen LogP contribution in [0.3, 0.4) is 0 Å². The number of likely N-dealkylation sites (tertiary alicyclic amines) is 1. The molecule has 39 heavy (non-hydrogen) atoms. The molecule has 1 fully saturated rings. The van der Waals surface area contributed by atoms with Gasteiger partial charge in [0, 0.05) is 35.4 Å². The number of hydrogen-bond donors (Lipinski definition) is 2. The first-order valence-electron chi connectivity index (χ1n) is 12.2. The summed E-state index contributed by atoms with van der Waals surface area (Å²) < 4.78 is 85.6. The molecule has 0 amide bonds. The van der Waals surface area contributed by atoms with Gasteiger partial charge >= 0.3 is 0 Å². The van der Waals surface area contributed by atoms with Crippen molar-refractivity contribution in [3.8, 4) is 17.6 Å². The Labute approximate surface area is 229 Å². The van der Waals surface area contributed by atoms with Crippen LogP contribution in [-0.4, -0.2) is 65.8 Å². The molecule has 2 heterocycles. The number of hydrogen-bond acceptors (Lipinski definition) is 7. The molecule has 0 bridgehead atoms. The Morgan fingerprint density at radius 2 is 1.90 bits per heavy atom. The SMILES string of the molecule is COc1cc(S(C)(=O)=O)c(F)cc1NCC#Cc1sc2c(NC3CCN(C)CC3)cccc2c1C(F)C(F)F. The second-order valence-electron chi connectivity index (χ2n) is 9.40. The Bertz CT molecular complexity index is 1510. The first-order valence-corrected chi connectivity index (χ1v) is 14.9. The smallest absolute Gasteiger partial charge is 0.273 e. The van der Waals surface area contributed by atoms with E-state index in [1.54, 1.807) is 12.1 Å². The number of nitrogens with zero attached hydrogens (tertiary/aromatic N) is 1. The lowest BCUT2D eigenvalue weighted by Gasteiger charge is -2.30. The molecular formula is C27H29F4N3O3S2. The largest absolute Gasteiger partial charge is 0.495 e. The van der Waals surface area contributed by atoms with Gasteiger partial charge in [0.05, 0.1) is 34.6 Å². The molecule has 0 saturated carbocycles. The van der Waals surface area contributed by atoms with E-state index in [4.69, 9.17) is 4.74 Å². The van der Waals surface area contributed by atoms with Crippen molar-refractivity contribution < 1.29 is 30.7 Å². The van der Waals surface area contributed by atoms with Crippen LogP contribution in [0.1, 0.15) is 29.5 Å². The lowest BCUT2D eigenvalue weighted by atomic mass is 10.0. The maximum absolute atomic E-state index is 14.8. The van der Waals surface area contributed by atoms with Gasteiger partial charge in [-0.05, 0) is 39.0 Å². The first kappa shape index (κ1) is 29.0. The van der Waals surface area contributed by atoms with Gasteiger partial charge in [-0.2, -0.15) is 0 Å². The zero-order valence-corrected chi connectivity index (χ0v) is 23.3. The minimum atomic E-state index is -3.81. The number of alkyl halides is 3. The third kappa shape index (κ3) is 6.59. The van der Waals surface area contributed by atoms with Crippen LogP contribution in [0.25, 0.3) is 10.1 Å². The normalized spacial score (nSPS) is 15.7. The highest BCUT2D eigenvalue weighted by molar-refractivity contribution is 7.90. The van der Waals surface area contributed by atoms with Crippen molar-refractivity contribution in [3.63, 3.8) is 0 Å². The topological polar surface area (TPSA) is 70.7 Å². The molecule has 2 N–H and O–H groups in total. The van der Waals surface area contributed by atoms with Crippen LogP contribution < -0.4 is 15.4 Å². The fourth-order valence-corrected chi connectivity index (χ4v) is 6.43. The molecule has 2 aromatic carbocycles. The van der Waals surface area contributed by atoms with Gasteiger partial charge in [-0.1, -0.05) is 24.0 Å². The Morgan fingerprint density at radius 1 is 1.18 bits per heavy atom. The van der Waals surface area contributed by atoms with Crippen LogP contribution in [-0.2, 0) is 9.84 Å². The number of nitrogens with one attached hydrogen (secondary N) is 2. The molecule has 1 aliphatic rings. The summed E-state index contributed by atoms with van der Waals surface area (Å²) in [5.41, 5.74) is 0.770. The van der Waals surface area contributed by atoms with Gasteiger partial charge < -0.3 is 20.3 Å². The molecule has 210 valence electrons. The second kappa shape index (κ2) is 12.0. The highest BCUT2D eigenvalue weighted by atomic mass is 32.2. The molecule has 0 aliphatic carbocycles. The van der Waals surface area contributed by atoms with Gasteiger partial charge in [0.25, 0.3) is 6.43 Å². The number of piperidine rings is 1. The molecule has 4 rings (SSSR count). The van der Waals surface area contributed by atoms with Gasteiger partial charge in [-0.3, -0.25) is 0 Å². The molecule has 1 saturated heterocycles. The van der Waals surface area contributed by atoms with Crippen molar-refractivity contribution in [2.24, 2.45) is 0 Å². The van der Waals surface area contributed by atoms with E-state index < -0.39 is 33.1 Å². The maximum Gasteiger partial charge on any atom is 0.273 e. The molecule has 0 radical (unpaired) electrons. The number of methoxy groups -OCH3 is 1. The van der Waals surface area contributed by atoms with E-state index in [1.807, 2.05) is 6.07 Å². The van der Waals surface area contributed by atoms with Crippen molar-refractivity contribution in [1.82, 2.24) is 4.90 Å². The van der Waals surface area contributed by atoms with Gasteiger partial charge in [-0.15, -0.1) is 11.3 Å². The highest BCUT2D eigenvalue weighted by Crippen LogP contribution is 2.42. The summed E-state index contributed by atoms with van der Waals surface area (Å²) >= 11 is 1.15. The highest BCUT2D eigenvalue weighted by Gasteiger charge is 2.29. The molecule has 0 spiro atoms. The molecular weight excluding hydrogens is 554 g/mol. The average molecular weight is 584 g/mol. The predicted octanol–water partition coefficient (Wildman–Crippen LogP) is 5.70. The van der Waals surface area contributed by atoms with Crippen LogP contribution >= 0.6 is 11.3 Å². The summed E-state index contributed by atoms with van der Waals surface area (Å²) in [6, 6.07) is 7.47. The number of benzene rings is 2. The van der Waals surface area contributed by atoms with Gasteiger partial charge in [-0.25, -0.2) is 26.0 Å². The van der Waals surface area contributed by atoms with E-state index in [1.165, 1.54) is 7.11 Å². The maximum atomic E-state index is 14.8. The van der Waals surface area contributed by atoms with Crippen molar-refractivity contribution in [3.05, 3.63) is 46.6 Å². The zero-order valence-electron chi connectivity index (χ0n) is 21.7. The van der Waals surface area contributed by atoms with Gasteiger partial charge in [0.1, 0.15) is 16.5 Å². The lowest BCUT2D eigenvalue weighted by Crippen LogP contribution is -2.36. The molecule has 1 aromatic heterocycles. The van der Waals surface area contributed by atoms with Crippen LogP contribution in [0.5, 0.6) is 5.75 Å². The zero-order chi connectivity index (χ0) is 28.3. The fraction of sp³-hybridized carbons (Fsp3) is 0.407. The van der Waals surface area contributed by atoms with E-state index in [-0.39, 0.29) is 34.5 Å². The number of ether oxygens (including phenoxy) is 1. The number of rotatable bonds is 8. The molecule has 6 nitrogen and oxygen atoms in total. The van der Waals surface area contributed by atoms with Gasteiger partial charge in [0.2, 0.25) is 0 Å². The van der Waals surface area contributed by atoms with Crippen LogP contribution in [0.15, 0.2) is 35.2 Å². The fourth-order valence-electron chi connectivity index (χ4n) is 4.51. The third-order valence-electron chi connectivity index (χ3n) is 6.55. The number of halogens is 4. The van der Waals surface area contributed by atoms with Crippen LogP contribution in [0.4, 0.5) is 28.9 Å². The minimum absolute atomic E-state index is 0.0615. The summed E-state index contributed by atoms with van der Waals surface area (Å²) in [5, 5.41) is 6.73. The summed E-state index contributed by atoms with van der Waals surface area (Å²) in [4.78, 5) is 1.92. The third-order valence-corrected chi connectivity index (χ3v) is 8.83. The number of fused-ring (bicyclic) bond motifs is 1. The quantitative estimate of drug-likeness (QED) is 0.262. The Hall–Kier alpha value is -3.01. The molecule has 3 aromatic rings. The Kier molecular flexibility index (Phi) is 8.93. The summed E-state index contributed by atoms with van der Waals surface area (Å²) in [5.74, 6) is 4.72. The molecule has 12 heteroatoms. The van der Waals surface area contributed by atoms with Crippen molar-refractivity contribution >= 4 is 42.6 Å². The number of sulfone groups is 1. The Balaban J connectivity index is 1.62.